The van der Waals surface area contributed by atoms with Crippen molar-refractivity contribution in [3.05, 3.63) is 72.3 Å². The van der Waals surface area contributed by atoms with Crippen LogP contribution in [0.25, 0.3) is 16.7 Å². The van der Waals surface area contributed by atoms with Crippen molar-refractivity contribution >= 4 is 16.7 Å². The molecule has 0 unspecified atom stereocenters. The molecule has 0 saturated heterocycles. The number of pyridine rings is 1. The first-order chi connectivity index (χ1) is 13.8. The quantitative estimate of drug-likeness (QED) is 0.669. The summed E-state index contributed by atoms with van der Waals surface area (Å²) in [5.41, 5.74) is 3.81. The zero-order valence-electron chi connectivity index (χ0n) is 15.8. The maximum absolute atomic E-state index is 13.5. The first-order valence-corrected chi connectivity index (χ1v) is 9.52. The van der Waals surface area contributed by atoms with Crippen LogP contribution in [-0.2, 0) is 6.54 Å². The Bertz CT molecular complexity index is 1030. The van der Waals surface area contributed by atoms with Gasteiger partial charge in [-0.3, -0.25) is 4.98 Å². The summed E-state index contributed by atoms with van der Waals surface area (Å²) in [5, 5.41) is 13.2. The first kappa shape index (κ1) is 19.5. The van der Waals surface area contributed by atoms with Crippen LogP contribution in [0.5, 0.6) is 0 Å². The number of aliphatic hydroxyl groups is 1. The van der Waals surface area contributed by atoms with Crippen molar-refractivity contribution in [2.45, 2.75) is 43.9 Å². The van der Waals surface area contributed by atoms with Crippen LogP contribution >= 0.6 is 0 Å². The van der Waals surface area contributed by atoms with E-state index in [0.29, 0.717) is 12.2 Å². The van der Waals surface area contributed by atoms with Gasteiger partial charge in [-0.2, -0.15) is 0 Å². The van der Waals surface area contributed by atoms with E-state index in [1.54, 1.807) is 18.3 Å². The Hall–Kier alpha value is -2.80. The zero-order chi connectivity index (χ0) is 20.6. The second-order valence-corrected chi connectivity index (χ2v) is 7.56. The van der Waals surface area contributed by atoms with Crippen LogP contribution in [0, 0.1) is 5.82 Å². The van der Waals surface area contributed by atoms with Gasteiger partial charge in [0, 0.05) is 43.0 Å². The SMILES string of the molecule is C=C(N[C@@H]1CCC(F)(F)C[C@H]1O)c1cn(Cc2ccc(F)cc2)c2cccnc12. The number of aliphatic hydroxyl groups excluding tert-OH is 1. The molecule has 4 nitrogen and oxygen atoms in total. The van der Waals surface area contributed by atoms with E-state index in [0.717, 1.165) is 22.2 Å². The summed E-state index contributed by atoms with van der Waals surface area (Å²) < 4.78 is 42.1. The molecule has 2 heterocycles. The normalized spacial score (nSPS) is 21.2. The molecule has 4 rings (SSSR count). The van der Waals surface area contributed by atoms with Gasteiger partial charge in [0.05, 0.1) is 23.2 Å². The maximum atomic E-state index is 13.5. The molecule has 29 heavy (non-hydrogen) atoms. The number of aromatic nitrogens is 2. The van der Waals surface area contributed by atoms with E-state index in [9.17, 15) is 18.3 Å². The number of halogens is 3. The Morgan fingerprint density at radius 2 is 2.03 bits per heavy atom. The van der Waals surface area contributed by atoms with Gasteiger partial charge in [-0.15, -0.1) is 0 Å². The van der Waals surface area contributed by atoms with Crippen molar-refractivity contribution in [1.82, 2.24) is 14.9 Å². The molecule has 1 aromatic carbocycles. The summed E-state index contributed by atoms with van der Waals surface area (Å²) in [7, 11) is 0. The van der Waals surface area contributed by atoms with Crippen LogP contribution in [0.15, 0.2) is 55.4 Å². The Morgan fingerprint density at radius 1 is 1.28 bits per heavy atom. The van der Waals surface area contributed by atoms with Crippen LogP contribution in [0.4, 0.5) is 13.2 Å². The third-order valence-corrected chi connectivity index (χ3v) is 5.38. The highest BCUT2D eigenvalue weighted by molar-refractivity contribution is 5.89. The lowest BCUT2D eigenvalue weighted by atomic mass is 9.89. The van der Waals surface area contributed by atoms with E-state index in [4.69, 9.17) is 0 Å². The van der Waals surface area contributed by atoms with Crippen molar-refractivity contribution in [1.29, 1.82) is 0 Å². The fourth-order valence-electron chi connectivity index (χ4n) is 3.84. The largest absolute Gasteiger partial charge is 0.391 e. The number of nitrogens with zero attached hydrogens (tertiary/aromatic N) is 2. The summed E-state index contributed by atoms with van der Waals surface area (Å²) in [4.78, 5) is 4.45. The van der Waals surface area contributed by atoms with E-state index < -0.39 is 24.5 Å². The molecule has 0 bridgehead atoms. The molecular formula is C22H22F3N3O. The van der Waals surface area contributed by atoms with Crippen LogP contribution < -0.4 is 5.32 Å². The van der Waals surface area contributed by atoms with Gasteiger partial charge in [-0.25, -0.2) is 13.2 Å². The number of alkyl halides is 2. The van der Waals surface area contributed by atoms with Gasteiger partial charge in [-0.1, -0.05) is 18.7 Å². The minimum Gasteiger partial charge on any atom is -0.391 e. The van der Waals surface area contributed by atoms with Gasteiger partial charge in [0.2, 0.25) is 0 Å². The van der Waals surface area contributed by atoms with E-state index in [2.05, 4.69) is 16.9 Å². The van der Waals surface area contributed by atoms with Crippen molar-refractivity contribution in [2.24, 2.45) is 0 Å². The number of hydrogen-bond donors (Lipinski definition) is 2. The lowest BCUT2D eigenvalue weighted by Gasteiger charge is -2.34. The van der Waals surface area contributed by atoms with Crippen molar-refractivity contribution < 1.29 is 18.3 Å². The van der Waals surface area contributed by atoms with Crippen molar-refractivity contribution in [2.75, 3.05) is 0 Å². The van der Waals surface area contributed by atoms with E-state index in [-0.39, 0.29) is 18.7 Å². The Balaban J connectivity index is 1.59. The monoisotopic (exact) mass is 401 g/mol. The summed E-state index contributed by atoms with van der Waals surface area (Å²) >= 11 is 0. The molecule has 2 atom stereocenters. The lowest BCUT2D eigenvalue weighted by Crippen LogP contribution is -2.46. The van der Waals surface area contributed by atoms with Crippen molar-refractivity contribution in [3.8, 4) is 0 Å². The molecule has 1 saturated carbocycles. The van der Waals surface area contributed by atoms with Crippen LogP contribution in [0.2, 0.25) is 0 Å². The van der Waals surface area contributed by atoms with Crippen LogP contribution in [0.1, 0.15) is 30.4 Å². The molecule has 0 spiro atoms. The number of nitrogens with one attached hydrogen (secondary N) is 1. The third kappa shape index (κ3) is 4.15. The number of fused-ring (bicyclic) bond motifs is 1. The van der Waals surface area contributed by atoms with Gasteiger partial charge in [0.1, 0.15) is 5.82 Å². The Morgan fingerprint density at radius 3 is 2.76 bits per heavy atom. The fourth-order valence-corrected chi connectivity index (χ4v) is 3.84. The smallest absolute Gasteiger partial charge is 0.250 e. The topological polar surface area (TPSA) is 50.1 Å². The molecule has 3 aromatic rings. The predicted octanol–water partition coefficient (Wildman–Crippen LogP) is 4.33. The highest BCUT2D eigenvalue weighted by Crippen LogP contribution is 2.34. The average molecular weight is 401 g/mol. The molecule has 1 aliphatic rings. The van der Waals surface area contributed by atoms with Gasteiger partial charge >= 0.3 is 0 Å². The lowest BCUT2D eigenvalue weighted by molar-refractivity contribution is -0.0854. The van der Waals surface area contributed by atoms with Gasteiger partial charge in [-0.05, 0) is 36.2 Å². The average Bonchev–Trinajstić information content (AvgIpc) is 3.04. The van der Waals surface area contributed by atoms with Gasteiger partial charge in [0.25, 0.3) is 5.92 Å². The second-order valence-electron chi connectivity index (χ2n) is 7.56. The van der Waals surface area contributed by atoms with Gasteiger partial charge in [0.15, 0.2) is 0 Å². The number of rotatable bonds is 5. The van der Waals surface area contributed by atoms with Crippen LogP contribution in [0.3, 0.4) is 0 Å². The molecule has 1 fully saturated rings. The molecule has 0 radical (unpaired) electrons. The molecule has 0 amide bonds. The standard InChI is InChI=1S/C22H22F3N3O/c1-14(27-18-8-9-22(24,25)11-20(18)29)17-13-28(19-3-2-10-26-21(17)19)12-15-4-6-16(23)7-5-15/h2-7,10,13,18,20,27,29H,1,8-9,11-12H2/t18-,20-/m1/s1. The predicted molar refractivity (Wildman–Crippen MR) is 106 cm³/mol. The molecule has 152 valence electrons. The minimum atomic E-state index is -2.83. The van der Waals surface area contributed by atoms with E-state index >= 15 is 0 Å². The Labute approximate surface area is 166 Å². The van der Waals surface area contributed by atoms with Crippen molar-refractivity contribution in [3.63, 3.8) is 0 Å². The Kier molecular flexibility index (Phi) is 5.08. The maximum Gasteiger partial charge on any atom is 0.250 e. The molecule has 1 aliphatic carbocycles. The summed E-state index contributed by atoms with van der Waals surface area (Å²) in [6, 6.07) is 9.56. The number of hydrogen-bond acceptors (Lipinski definition) is 3. The second kappa shape index (κ2) is 7.55. The zero-order valence-corrected chi connectivity index (χ0v) is 15.8. The molecule has 0 aliphatic heterocycles. The first-order valence-electron chi connectivity index (χ1n) is 9.52. The van der Waals surface area contributed by atoms with E-state index in [1.807, 2.05) is 22.9 Å². The minimum absolute atomic E-state index is 0.162. The highest BCUT2D eigenvalue weighted by atomic mass is 19.3. The third-order valence-electron chi connectivity index (χ3n) is 5.38. The fraction of sp³-hybridized carbons (Fsp3) is 0.318. The molecule has 7 heteroatoms. The molecular weight excluding hydrogens is 379 g/mol. The van der Waals surface area contributed by atoms with Gasteiger partial charge < -0.3 is 15.0 Å². The molecule has 2 aromatic heterocycles. The summed E-state index contributed by atoms with van der Waals surface area (Å²) in [6.45, 7) is 4.58. The summed E-state index contributed by atoms with van der Waals surface area (Å²) in [5.74, 6) is -3.12. The molecule has 2 N–H and O–H groups in total. The highest BCUT2D eigenvalue weighted by Gasteiger charge is 2.40. The van der Waals surface area contributed by atoms with E-state index in [1.165, 1.54) is 12.1 Å². The van der Waals surface area contributed by atoms with Crippen LogP contribution in [-0.4, -0.2) is 32.7 Å². The number of benzene rings is 1. The summed E-state index contributed by atoms with van der Waals surface area (Å²) in [6.07, 6.45) is 1.77.